The van der Waals surface area contributed by atoms with E-state index in [1.54, 1.807) is 4.90 Å². The summed E-state index contributed by atoms with van der Waals surface area (Å²) in [5.41, 5.74) is 7.80. The lowest BCUT2D eigenvalue weighted by Gasteiger charge is -2.43. The van der Waals surface area contributed by atoms with Gasteiger partial charge in [0.2, 0.25) is 5.79 Å². The summed E-state index contributed by atoms with van der Waals surface area (Å²) in [7, 11) is 1.43. The number of carbonyl (C=O) groups is 1. The minimum atomic E-state index is -0.682. The molecule has 2 aliphatic heterocycles. The number of pyridine rings is 1. The summed E-state index contributed by atoms with van der Waals surface area (Å²) in [5, 5.41) is 1.16. The Kier molecular flexibility index (Phi) is 5.00. The predicted octanol–water partition coefficient (Wildman–Crippen LogP) is 4.18. The molecule has 31 heavy (non-hydrogen) atoms. The molecule has 1 aromatic heterocycles. The van der Waals surface area contributed by atoms with Gasteiger partial charge >= 0.3 is 6.03 Å². The van der Waals surface area contributed by atoms with Crippen molar-refractivity contribution in [1.82, 2.24) is 15.4 Å². The molecule has 0 unspecified atom stereocenters. The fourth-order valence-electron chi connectivity index (χ4n) is 4.42. The van der Waals surface area contributed by atoms with Crippen molar-refractivity contribution in [2.75, 3.05) is 20.2 Å². The zero-order valence-corrected chi connectivity index (χ0v) is 17.7. The number of hydroxylamine groups is 1. The zero-order chi connectivity index (χ0) is 21.4. The standard InChI is InChI=1S/C24H25N3O4/c1-16-19-5-3-4-6-21(19)25-14-20(16)17-7-8-22-18(13-17)15-30-24(31-22)9-11-27(12-10-24)23(28)26-29-2/h3-8,13-14H,9-12,15H2,1-2H3,(H,26,28). The highest BCUT2D eigenvalue weighted by atomic mass is 16.7. The van der Waals surface area contributed by atoms with E-state index in [1.807, 2.05) is 30.5 Å². The van der Waals surface area contributed by atoms with Gasteiger partial charge in [-0.2, -0.15) is 0 Å². The van der Waals surface area contributed by atoms with Gasteiger partial charge in [-0.05, 0) is 36.2 Å². The number of piperidine rings is 1. The largest absolute Gasteiger partial charge is 0.462 e. The van der Waals surface area contributed by atoms with E-state index in [-0.39, 0.29) is 6.03 Å². The maximum Gasteiger partial charge on any atom is 0.341 e. The van der Waals surface area contributed by atoms with Crippen LogP contribution in [0.1, 0.15) is 24.0 Å². The van der Waals surface area contributed by atoms with Crippen LogP contribution in [0.25, 0.3) is 22.0 Å². The van der Waals surface area contributed by atoms with Crippen LogP contribution in [0.2, 0.25) is 0 Å². The number of aryl methyl sites for hydroxylation is 1. The third kappa shape index (κ3) is 3.60. The first kappa shape index (κ1) is 19.8. The number of hydrogen-bond donors (Lipinski definition) is 1. The maximum atomic E-state index is 12.0. The summed E-state index contributed by atoms with van der Waals surface area (Å²) in [6.45, 7) is 3.71. The topological polar surface area (TPSA) is 72.9 Å². The van der Waals surface area contributed by atoms with Crippen molar-refractivity contribution in [3.8, 4) is 16.9 Å². The number of aromatic nitrogens is 1. The van der Waals surface area contributed by atoms with Gasteiger partial charge in [0, 0.05) is 48.6 Å². The molecule has 0 radical (unpaired) electrons. The number of urea groups is 1. The average molecular weight is 419 g/mol. The summed E-state index contributed by atoms with van der Waals surface area (Å²) in [5.74, 6) is 0.162. The molecule has 1 spiro atoms. The summed E-state index contributed by atoms with van der Waals surface area (Å²) >= 11 is 0. The fraction of sp³-hybridized carbons (Fsp3) is 0.333. The van der Waals surface area contributed by atoms with E-state index in [1.165, 1.54) is 12.7 Å². The Morgan fingerprint density at radius 2 is 2.00 bits per heavy atom. The van der Waals surface area contributed by atoms with Gasteiger partial charge in [0.05, 0.1) is 19.2 Å². The number of ether oxygens (including phenoxy) is 2. The highest BCUT2D eigenvalue weighted by Gasteiger charge is 2.42. The Labute approximate surface area is 180 Å². The molecule has 3 aromatic rings. The van der Waals surface area contributed by atoms with Crippen molar-refractivity contribution < 1.29 is 19.1 Å². The average Bonchev–Trinajstić information content (AvgIpc) is 2.80. The second-order valence-electron chi connectivity index (χ2n) is 8.04. The molecule has 0 atom stereocenters. The van der Waals surface area contributed by atoms with Crippen LogP contribution in [0.4, 0.5) is 4.79 Å². The molecule has 1 saturated heterocycles. The monoisotopic (exact) mass is 419 g/mol. The maximum absolute atomic E-state index is 12.0. The molecule has 7 heteroatoms. The van der Waals surface area contributed by atoms with Crippen LogP contribution in [0.3, 0.4) is 0 Å². The highest BCUT2D eigenvalue weighted by Crippen LogP contribution is 2.39. The van der Waals surface area contributed by atoms with Crippen LogP contribution in [-0.2, 0) is 16.2 Å². The summed E-state index contributed by atoms with van der Waals surface area (Å²) in [4.78, 5) is 23.0. The first-order chi connectivity index (χ1) is 15.1. The minimum Gasteiger partial charge on any atom is -0.462 e. The van der Waals surface area contributed by atoms with Crippen molar-refractivity contribution in [3.63, 3.8) is 0 Å². The van der Waals surface area contributed by atoms with Crippen molar-refractivity contribution in [1.29, 1.82) is 0 Å². The fourth-order valence-corrected chi connectivity index (χ4v) is 4.42. The minimum absolute atomic E-state index is 0.238. The molecule has 3 heterocycles. The number of benzene rings is 2. The molecule has 0 bridgehead atoms. The first-order valence-electron chi connectivity index (χ1n) is 10.5. The first-order valence-corrected chi connectivity index (χ1v) is 10.5. The molecule has 160 valence electrons. The van der Waals surface area contributed by atoms with Crippen LogP contribution in [0.5, 0.6) is 5.75 Å². The van der Waals surface area contributed by atoms with Gasteiger partial charge in [-0.25, -0.2) is 10.3 Å². The summed E-state index contributed by atoms with van der Waals surface area (Å²) in [6.07, 6.45) is 3.16. The van der Waals surface area contributed by atoms with E-state index in [2.05, 4.69) is 35.6 Å². The second-order valence-corrected chi connectivity index (χ2v) is 8.04. The Morgan fingerprint density at radius 1 is 1.19 bits per heavy atom. The molecule has 7 nitrogen and oxygen atoms in total. The molecule has 0 saturated carbocycles. The van der Waals surface area contributed by atoms with Gasteiger partial charge in [0.1, 0.15) is 5.75 Å². The Balaban J connectivity index is 1.36. The Bertz CT molecular complexity index is 1140. The number of amides is 2. The third-order valence-corrected chi connectivity index (χ3v) is 6.20. The molecule has 1 N–H and O–H groups in total. The SMILES string of the molecule is CONC(=O)N1CCC2(CC1)OCc1cc(-c3cnc4ccccc4c3C)ccc1O2. The van der Waals surface area contributed by atoms with Crippen molar-refractivity contribution >= 4 is 16.9 Å². The number of carbonyl (C=O) groups excluding carboxylic acids is 1. The van der Waals surface area contributed by atoms with Gasteiger partial charge in [-0.15, -0.1) is 0 Å². The lowest BCUT2D eigenvalue weighted by Crippen LogP contribution is -2.54. The van der Waals surface area contributed by atoms with Crippen LogP contribution >= 0.6 is 0 Å². The molecule has 2 aromatic carbocycles. The molecule has 2 aliphatic rings. The predicted molar refractivity (Wildman–Crippen MR) is 116 cm³/mol. The van der Waals surface area contributed by atoms with Crippen LogP contribution < -0.4 is 10.2 Å². The van der Waals surface area contributed by atoms with Crippen LogP contribution in [0, 0.1) is 6.92 Å². The van der Waals surface area contributed by atoms with E-state index in [4.69, 9.17) is 14.3 Å². The highest BCUT2D eigenvalue weighted by molar-refractivity contribution is 5.88. The normalized spacial score (nSPS) is 17.3. The van der Waals surface area contributed by atoms with E-state index in [0.29, 0.717) is 32.5 Å². The lowest BCUT2D eigenvalue weighted by atomic mass is 9.96. The van der Waals surface area contributed by atoms with Gasteiger partial charge < -0.3 is 14.4 Å². The number of likely N-dealkylation sites (tertiary alicyclic amines) is 1. The van der Waals surface area contributed by atoms with Crippen molar-refractivity contribution in [2.24, 2.45) is 0 Å². The number of fused-ring (bicyclic) bond motifs is 2. The van der Waals surface area contributed by atoms with Crippen LogP contribution in [0.15, 0.2) is 48.7 Å². The van der Waals surface area contributed by atoms with E-state index in [9.17, 15) is 4.79 Å². The third-order valence-electron chi connectivity index (χ3n) is 6.20. The Morgan fingerprint density at radius 3 is 2.81 bits per heavy atom. The van der Waals surface area contributed by atoms with Gasteiger partial charge in [-0.1, -0.05) is 24.3 Å². The van der Waals surface area contributed by atoms with Crippen molar-refractivity contribution in [3.05, 3.63) is 59.8 Å². The number of nitrogens with one attached hydrogen (secondary N) is 1. The number of nitrogens with zero attached hydrogens (tertiary/aromatic N) is 2. The molecular weight excluding hydrogens is 394 g/mol. The lowest BCUT2D eigenvalue weighted by molar-refractivity contribution is -0.225. The summed E-state index contributed by atoms with van der Waals surface area (Å²) in [6, 6.07) is 14.2. The molecule has 0 aliphatic carbocycles. The number of rotatable bonds is 2. The van der Waals surface area contributed by atoms with Gasteiger partial charge in [-0.3, -0.25) is 9.82 Å². The molecular formula is C24H25N3O4. The van der Waals surface area contributed by atoms with Crippen molar-refractivity contribution in [2.45, 2.75) is 32.2 Å². The number of para-hydroxylation sites is 1. The zero-order valence-electron chi connectivity index (χ0n) is 17.7. The molecule has 2 amide bonds. The van der Waals surface area contributed by atoms with E-state index in [0.717, 1.165) is 33.3 Å². The molecule has 5 rings (SSSR count). The quantitative estimate of drug-likeness (QED) is 0.631. The molecule has 1 fully saturated rings. The Hall–Kier alpha value is -3.16. The van der Waals surface area contributed by atoms with E-state index < -0.39 is 5.79 Å². The summed E-state index contributed by atoms with van der Waals surface area (Å²) < 4.78 is 12.5. The van der Waals surface area contributed by atoms with Gasteiger partial charge in [0.15, 0.2) is 0 Å². The van der Waals surface area contributed by atoms with E-state index >= 15 is 0 Å². The smallest absolute Gasteiger partial charge is 0.341 e. The second kappa shape index (κ2) is 7.83. The van der Waals surface area contributed by atoms with Crippen LogP contribution in [-0.4, -0.2) is 41.9 Å². The van der Waals surface area contributed by atoms with Gasteiger partial charge in [0.25, 0.3) is 0 Å². The number of hydrogen-bond acceptors (Lipinski definition) is 5.